The normalized spacial score (nSPS) is 47.9. The number of fused-ring (bicyclic) bond motifs is 5. The van der Waals surface area contributed by atoms with Crippen LogP contribution >= 0.6 is 0 Å². The van der Waals surface area contributed by atoms with Gasteiger partial charge in [-0.15, -0.1) is 0 Å². The molecule has 0 bridgehead atoms. The molecule has 0 aromatic heterocycles. The van der Waals surface area contributed by atoms with Crippen LogP contribution in [0.2, 0.25) is 0 Å². The average Bonchev–Trinajstić information content (AvgIpc) is 3.00. The Morgan fingerprint density at radius 3 is 2.45 bits per heavy atom. The van der Waals surface area contributed by atoms with E-state index in [1.54, 1.807) is 0 Å². The van der Waals surface area contributed by atoms with Crippen molar-refractivity contribution in [2.45, 2.75) is 112 Å². The molecular formula is C28H49N. The molecule has 0 spiro atoms. The van der Waals surface area contributed by atoms with Crippen LogP contribution in [0.5, 0.6) is 0 Å². The molecule has 1 aliphatic heterocycles. The molecule has 4 fully saturated rings. The van der Waals surface area contributed by atoms with Crippen LogP contribution in [-0.4, -0.2) is 6.04 Å². The molecule has 29 heavy (non-hydrogen) atoms. The van der Waals surface area contributed by atoms with Crippen LogP contribution in [0, 0.1) is 52.3 Å². The van der Waals surface area contributed by atoms with Gasteiger partial charge in [0.2, 0.25) is 0 Å². The van der Waals surface area contributed by atoms with Crippen molar-refractivity contribution in [2.24, 2.45) is 52.3 Å². The predicted molar refractivity (Wildman–Crippen MR) is 126 cm³/mol. The summed E-state index contributed by atoms with van der Waals surface area (Å²) in [4.78, 5) is 0. The first-order valence-corrected chi connectivity index (χ1v) is 13.1. The van der Waals surface area contributed by atoms with Crippen LogP contribution < -0.4 is 5.32 Å². The van der Waals surface area contributed by atoms with Crippen LogP contribution in [0.3, 0.4) is 0 Å². The van der Waals surface area contributed by atoms with Gasteiger partial charge in [0.25, 0.3) is 0 Å². The van der Waals surface area contributed by atoms with Gasteiger partial charge in [0.05, 0.1) is 0 Å². The van der Waals surface area contributed by atoms with Gasteiger partial charge in [0, 0.05) is 11.7 Å². The summed E-state index contributed by atoms with van der Waals surface area (Å²) in [5, 5.41) is 3.86. The van der Waals surface area contributed by atoms with Crippen molar-refractivity contribution in [1.29, 1.82) is 0 Å². The molecule has 1 heteroatoms. The Morgan fingerprint density at radius 2 is 1.72 bits per heavy atom. The van der Waals surface area contributed by atoms with Gasteiger partial charge in [0.15, 0.2) is 0 Å². The molecule has 3 saturated carbocycles. The van der Waals surface area contributed by atoms with Crippen molar-refractivity contribution in [1.82, 2.24) is 5.32 Å². The lowest BCUT2D eigenvalue weighted by atomic mass is 9.44. The molecule has 7 unspecified atom stereocenters. The summed E-state index contributed by atoms with van der Waals surface area (Å²) in [6.07, 6.45) is 14.3. The van der Waals surface area contributed by atoms with E-state index in [2.05, 4.69) is 53.4 Å². The number of nitrogens with one attached hydrogen (secondary N) is 1. The minimum atomic E-state index is 0.501. The predicted octanol–water partition coefficient (Wildman–Crippen LogP) is 7.82. The Labute approximate surface area is 181 Å². The number of allylic oxidation sites excluding steroid dienone is 1. The Kier molecular flexibility index (Phi) is 5.93. The number of rotatable bonds is 5. The summed E-state index contributed by atoms with van der Waals surface area (Å²) < 4.78 is 0. The minimum absolute atomic E-state index is 0.501. The molecule has 4 rings (SSSR count). The highest BCUT2D eigenvalue weighted by atomic mass is 15.0. The highest BCUT2D eigenvalue weighted by Crippen LogP contribution is 2.68. The molecule has 3 aliphatic carbocycles. The third kappa shape index (κ3) is 3.61. The van der Waals surface area contributed by atoms with E-state index in [0.29, 0.717) is 16.9 Å². The topological polar surface area (TPSA) is 12.0 Å². The first-order chi connectivity index (χ1) is 13.7. The maximum Gasteiger partial charge on any atom is 0.0317 e. The molecule has 1 N–H and O–H groups in total. The van der Waals surface area contributed by atoms with E-state index >= 15 is 0 Å². The quantitative estimate of drug-likeness (QED) is 0.497. The van der Waals surface area contributed by atoms with E-state index < -0.39 is 0 Å². The molecule has 1 nitrogen and oxygen atoms in total. The third-order valence-corrected chi connectivity index (χ3v) is 10.8. The van der Waals surface area contributed by atoms with Gasteiger partial charge in [-0.2, -0.15) is 0 Å². The molecule has 1 heterocycles. The van der Waals surface area contributed by atoms with E-state index in [1.165, 1.54) is 69.9 Å². The molecule has 1 saturated heterocycles. The maximum atomic E-state index is 4.28. The fourth-order valence-electron chi connectivity index (χ4n) is 9.16. The number of hydrogen-bond donors (Lipinski definition) is 1. The van der Waals surface area contributed by atoms with Crippen molar-refractivity contribution in [2.75, 3.05) is 0 Å². The second kappa shape index (κ2) is 7.90. The van der Waals surface area contributed by atoms with Crippen LogP contribution in [0.4, 0.5) is 0 Å². The van der Waals surface area contributed by atoms with Crippen molar-refractivity contribution >= 4 is 0 Å². The molecule has 166 valence electrons. The lowest BCUT2D eigenvalue weighted by molar-refractivity contribution is -0.118. The van der Waals surface area contributed by atoms with E-state index in [1.807, 2.05) is 0 Å². The first kappa shape index (κ1) is 21.8. The fraction of sp³-hybridized carbons (Fsp3) is 0.929. The van der Waals surface area contributed by atoms with Gasteiger partial charge in [-0.25, -0.2) is 0 Å². The monoisotopic (exact) mass is 399 g/mol. The van der Waals surface area contributed by atoms with Crippen LogP contribution in [-0.2, 0) is 0 Å². The lowest BCUT2D eigenvalue weighted by Gasteiger charge is -2.63. The van der Waals surface area contributed by atoms with E-state index in [9.17, 15) is 0 Å². The van der Waals surface area contributed by atoms with Gasteiger partial charge >= 0.3 is 0 Å². The van der Waals surface area contributed by atoms with Gasteiger partial charge in [0.1, 0.15) is 0 Å². The average molecular weight is 400 g/mol. The van der Waals surface area contributed by atoms with Gasteiger partial charge < -0.3 is 5.32 Å². The van der Waals surface area contributed by atoms with Crippen molar-refractivity contribution in [3.8, 4) is 0 Å². The van der Waals surface area contributed by atoms with Gasteiger partial charge in [-0.05, 0) is 97.2 Å². The zero-order valence-corrected chi connectivity index (χ0v) is 20.4. The lowest BCUT2D eigenvalue weighted by Crippen LogP contribution is -2.61. The summed E-state index contributed by atoms with van der Waals surface area (Å²) in [6.45, 7) is 19.6. The summed E-state index contributed by atoms with van der Waals surface area (Å²) >= 11 is 0. The Morgan fingerprint density at radius 1 is 1.00 bits per heavy atom. The Balaban J connectivity index is 1.51. The smallest absolute Gasteiger partial charge is 0.0317 e. The van der Waals surface area contributed by atoms with Crippen molar-refractivity contribution in [3.05, 3.63) is 12.3 Å². The summed E-state index contributed by atoms with van der Waals surface area (Å²) in [6, 6.07) is 0.677. The SMILES string of the molecule is C=C1CC[C@@]2(C)C(CC(C)C3C4CCC(C(C)CCCC(C)C)[C@@]4(C)CCC32)N1. The van der Waals surface area contributed by atoms with Crippen molar-refractivity contribution in [3.63, 3.8) is 0 Å². The van der Waals surface area contributed by atoms with Crippen LogP contribution in [0.25, 0.3) is 0 Å². The number of hydrogen-bond acceptors (Lipinski definition) is 1. The maximum absolute atomic E-state index is 4.28. The van der Waals surface area contributed by atoms with Crippen LogP contribution in [0.15, 0.2) is 12.3 Å². The minimum Gasteiger partial charge on any atom is -0.386 e. The zero-order chi connectivity index (χ0) is 21.0. The summed E-state index contributed by atoms with van der Waals surface area (Å²) in [7, 11) is 0. The fourth-order valence-corrected chi connectivity index (χ4v) is 9.16. The van der Waals surface area contributed by atoms with Crippen LogP contribution in [0.1, 0.15) is 106 Å². The number of piperidine rings is 1. The highest BCUT2D eigenvalue weighted by Gasteiger charge is 2.62. The van der Waals surface area contributed by atoms with Crippen molar-refractivity contribution < 1.29 is 0 Å². The largest absolute Gasteiger partial charge is 0.386 e. The van der Waals surface area contributed by atoms with E-state index in [0.717, 1.165) is 41.4 Å². The molecule has 4 aliphatic rings. The second-order valence-electron chi connectivity index (χ2n) is 12.8. The zero-order valence-electron chi connectivity index (χ0n) is 20.4. The second-order valence-corrected chi connectivity index (χ2v) is 12.8. The summed E-state index contributed by atoms with van der Waals surface area (Å²) in [5.74, 6) is 6.51. The third-order valence-electron chi connectivity index (χ3n) is 10.8. The molecule has 9 atom stereocenters. The first-order valence-electron chi connectivity index (χ1n) is 13.1. The summed E-state index contributed by atoms with van der Waals surface area (Å²) in [5.41, 5.74) is 2.41. The van der Waals surface area contributed by atoms with Gasteiger partial charge in [-0.1, -0.05) is 67.4 Å². The molecule has 0 radical (unpaired) electrons. The van der Waals surface area contributed by atoms with E-state index in [4.69, 9.17) is 0 Å². The standard InChI is InChI=1S/C28H49N/c1-18(2)9-8-10-19(3)22-11-12-23-26-20(4)17-25-28(7,15-13-21(5)29-25)24(26)14-16-27(22,23)6/h18-20,22-26,29H,5,8-17H2,1-4,6-7H3/t19?,20?,22?,23?,24?,25?,26?,27-,28-/m1/s1. The van der Waals surface area contributed by atoms with Gasteiger partial charge in [-0.3, -0.25) is 0 Å². The highest BCUT2D eigenvalue weighted by molar-refractivity contribution is 5.15. The Bertz CT molecular complexity index is 607. The Hall–Kier alpha value is -0.460. The molecule has 0 amide bonds. The molecule has 0 aromatic rings. The van der Waals surface area contributed by atoms with E-state index in [-0.39, 0.29) is 0 Å². The molecular weight excluding hydrogens is 350 g/mol. The molecule has 0 aromatic carbocycles.